The fourth-order valence-electron chi connectivity index (χ4n) is 4.12. The highest BCUT2D eigenvalue weighted by molar-refractivity contribution is 6.12. The van der Waals surface area contributed by atoms with E-state index in [1.54, 1.807) is 38.1 Å². The lowest BCUT2D eigenvalue weighted by Gasteiger charge is -2.43. The number of ether oxygens (including phenoxy) is 2. The summed E-state index contributed by atoms with van der Waals surface area (Å²) >= 11 is 0. The number of carbonyl (C=O) groups excluding carboxylic acids is 3. The molecule has 0 spiro atoms. The van der Waals surface area contributed by atoms with Crippen LogP contribution in [-0.2, 0) is 22.6 Å². The van der Waals surface area contributed by atoms with Crippen LogP contribution < -0.4 is 15.0 Å². The van der Waals surface area contributed by atoms with Gasteiger partial charge in [0.05, 0.1) is 19.8 Å². The monoisotopic (exact) mass is 476 g/mol. The Hall–Kier alpha value is -4.14. The third-order valence-corrected chi connectivity index (χ3v) is 5.83. The van der Waals surface area contributed by atoms with E-state index < -0.39 is 17.4 Å². The minimum absolute atomic E-state index is 0.0239. The molecule has 2 aromatic carbocycles. The molecular formula is C26H28N4O5. The van der Waals surface area contributed by atoms with E-state index in [1.165, 1.54) is 15.6 Å². The summed E-state index contributed by atoms with van der Waals surface area (Å²) in [5.41, 5.74) is 0.375. The normalized spacial score (nSPS) is 17.0. The number of carbonyl (C=O) groups is 3. The third-order valence-electron chi connectivity index (χ3n) is 5.83. The fourth-order valence-corrected chi connectivity index (χ4v) is 4.12. The van der Waals surface area contributed by atoms with Crippen LogP contribution in [0.2, 0.25) is 0 Å². The molecule has 0 aliphatic carbocycles. The third kappa shape index (κ3) is 4.75. The van der Waals surface area contributed by atoms with E-state index in [1.807, 2.05) is 37.3 Å². The van der Waals surface area contributed by atoms with Crippen molar-refractivity contribution in [3.8, 4) is 5.75 Å². The van der Waals surface area contributed by atoms with Gasteiger partial charge < -0.3 is 14.8 Å². The van der Waals surface area contributed by atoms with Crippen molar-refractivity contribution >= 4 is 23.5 Å². The Labute approximate surface area is 203 Å². The van der Waals surface area contributed by atoms with Crippen LogP contribution >= 0.6 is 0 Å². The van der Waals surface area contributed by atoms with Crippen molar-refractivity contribution in [1.29, 1.82) is 0 Å². The summed E-state index contributed by atoms with van der Waals surface area (Å²) in [4.78, 5) is 41.0. The lowest BCUT2D eigenvalue weighted by molar-refractivity contribution is -0.126. The molecule has 0 bridgehead atoms. The van der Waals surface area contributed by atoms with Gasteiger partial charge in [0.25, 0.3) is 5.91 Å². The Balaban J connectivity index is 1.71. The smallest absolute Gasteiger partial charge is 0.358 e. The Kier molecular flexibility index (Phi) is 6.86. The summed E-state index contributed by atoms with van der Waals surface area (Å²) in [6, 6.07) is 17.9. The summed E-state index contributed by atoms with van der Waals surface area (Å²) in [5, 5.41) is 7.23. The van der Waals surface area contributed by atoms with E-state index in [0.717, 1.165) is 5.56 Å². The molecule has 182 valence electrons. The van der Waals surface area contributed by atoms with E-state index >= 15 is 0 Å². The van der Waals surface area contributed by atoms with Gasteiger partial charge in [0.15, 0.2) is 5.69 Å². The van der Waals surface area contributed by atoms with Gasteiger partial charge in [0.1, 0.15) is 17.0 Å². The molecule has 9 nitrogen and oxygen atoms in total. The van der Waals surface area contributed by atoms with E-state index in [-0.39, 0.29) is 30.4 Å². The van der Waals surface area contributed by atoms with Crippen LogP contribution in [0.1, 0.15) is 47.3 Å². The zero-order chi connectivity index (χ0) is 25.0. The van der Waals surface area contributed by atoms with Gasteiger partial charge in [-0.2, -0.15) is 5.10 Å². The lowest BCUT2D eigenvalue weighted by Crippen LogP contribution is -2.64. The molecule has 1 aliphatic rings. The molecule has 2 heterocycles. The number of rotatable bonds is 8. The topological polar surface area (TPSA) is 103 Å². The molecule has 1 N–H and O–H groups in total. The second-order valence-corrected chi connectivity index (χ2v) is 8.30. The highest BCUT2D eigenvalue weighted by atomic mass is 16.5. The lowest BCUT2D eigenvalue weighted by atomic mass is 9.93. The Morgan fingerprint density at radius 2 is 1.77 bits per heavy atom. The molecule has 4 rings (SSSR count). The van der Waals surface area contributed by atoms with Crippen molar-refractivity contribution in [2.24, 2.45) is 0 Å². The molecule has 1 aromatic heterocycles. The number of nitrogens with one attached hydrogen (secondary N) is 1. The number of hydrogen-bond donors (Lipinski definition) is 1. The van der Waals surface area contributed by atoms with Crippen molar-refractivity contribution in [3.05, 3.63) is 77.6 Å². The number of esters is 1. The van der Waals surface area contributed by atoms with Crippen LogP contribution in [0.25, 0.3) is 0 Å². The Morgan fingerprint density at radius 3 is 2.43 bits per heavy atom. The number of hydrogen-bond acceptors (Lipinski definition) is 6. The fraction of sp³-hybridized carbons (Fsp3) is 0.308. The SMILES string of the molecule is CCOC(=O)c1cc2n(n1)CC(C)(C(=O)NCc1ccccc1)N(c1ccc(OCC)cc1)C2=O. The van der Waals surface area contributed by atoms with Crippen LogP contribution in [0.4, 0.5) is 5.69 Å². The second-order valence-electron chi connectivity index (χ2n) is 8.30. The average molecular weight is 477 g/mol. The van der Waals surface area contributed by atoms with Crippen molar-refractivity contribution in [3.63, 3.8) is 0 Å². The zero-order valence-electron chi connectivity index (χ0n) is 20.0. The Morgan fingerprint density at radius 1 is 1.06 bits per heavy atom. The average Bonchev–Trinajstić information content (AvgIpc) is 3.29. The minimum atomic E-state index is -1.32. The standard InChI is InChI=1S/C26H28N4O5/c1-4-34-20-13-11-19(12-14-20)30-23(31)22-15-21(24(32)35-5-2)28-29(22)17-26(30,3)25(33)27-16-18-9-7-6-8-10-18/h6-15H,4-5,16-17H2,1-3H3,(H,27,33). The summed E-state index contributed by atoms with van der Waals surface area (Å²) in [6.45, 7) is 6.34. The largest absolute Gasteiger partial charge is 0.494 e. The highest BCUT2D eigenvalue weighted by Gasteiger charge is 2.49. The van der Waals surface area contributed by atoms with Gasteiger partial charge in [-0.05, 0) is 50.6 Å². The number of anilines is 1. The predicted molar refractivity (Wildman–Crippen MR) is 129 cm³/mol. The molecule has 2 amide bonds. The van der Waals surface area contributed by atoms with Gasteiger partial charge in [0.2, 0.25) is 5.91 Å². The molecular weight excluding hydrogens is 448 g/mol. The van der Waals surface area contributed by atoms with Crippen molar-refractivity contribution in [1.82, 2.24) is 15.1 Å². The minimum Gasteiger partial charge on any atom is -0.494 e. The Bertz CT molecular complexity index is 1220. The molecule has 0 fully saturated rings. The molecule has 1 aliphatic heterocycles. The van der Waals surface area contributed by atoms with Gasteiger partial charge in [-0.15, -0.1) is 0 Å². The number of nitrogens with zero attached hydrogens (tertiary/aromatic N) is 3. The van der Waals surface area contributed by atoms with E-state index in [9.17, 15) is 14.4 Å². The highest BCUT2D eigenvalue weighted by Crippen LogP contribution is 2.34. The summed E-state index contributed by atoms with van der Waals surface area (Å²) in [7, 11) is 0. The zero-order valence-corrected chi connectivity index (χ0v) is 20.0. The first-order valence-electron chi connectivity index (χ1n) is 11.5. The van der Waals surface area contributed by atoms with Gasteiger partial charge >= 0.3 is 5.97 Å². The maximum absolute atomic E-state index is 13.7. The number of fused-ring (bicyclic) bond motifs is 1. The van der Waals surface area contributed by atoms with E-state index in [0.29, 0.717) is 24.6 Å². The summed E-state index contributed by atoms with van der Waals surface area (Å²) in [6.07, 6.45) is 0. The molecule has 9 heteroatoms. The van der Waals surface area contributed by atoms with Crippen LogP contribution in [0.5, 0.6) is 5.75 Å². The van der Waals surface area contributed by atoms with Gasteiger partial charge in [-0.25, -0.2) is 4.79 Å². The number of amides is 2. The van der Waals surface area contributed by atoms with Crippen LogP contribution in [0.15, 0.2) is 60.7 Å². The molecule has 35 heavy (non-hydrogen) atoms. The first-order chi connectivity index (χ1) is 16.9. The summed E-state index contributed by atoms with van der Waals surface area (Å²) in [5.74, 6) is -0.751. The van der Waals surface area contributed by atoms with Crippen molar-refractivity contribution in [2.45, 2.75) is 39.4 Å². The quantitative estimate of drug-likeness (QED) is 0.501. The van der Waals surface area contributed by atoms with Crippen LogP contribution in [-0.4, -0.2) is 46.3 Å². The van der Waals surface area contributed by atoms with Crippen molar-refractivity contribution < 1.29 is 23.9 Å². The number of aromatic nitrogens is 2. The molecule has 0 radical (unpaired) electrons. The predicted octanol–water partition coefficient (Wildman–Crippen LogP) is 3.19. The van der Waals surface area contributed by atoms with Crippen molar-refractivity contribution in [2.75, 3.05) is 18.1 Å². The molecule has 1 unspecified atom stereocenters. The molecule has 0 saturated heterocycles. The van der Waals surface area contributed by atoms with Crippen LogP contribution in [0, 0.1) is 0 Å². The first kappa shape index (κ1) is 24.0. The van der Waals surface area contributed by atoms with Gasteiger partial charge in [0, 0.05) is 18.3 Å². The maximum atomic E-state index is 13.7. The molecule has 0 saturated carbocycles. The summed E-state index contributed by atoms with van der Waals surface area (Å²) < 4.78 is 12.0. The van der Waals surface area contributed by atoms with E-state index in [2.05, 4.69) is 10.4 Å². The first-order valence-corrected chi connectivity index (χ1v) is 11.5. The van der Waals surface area contributed by atoms with Gasteiger partial charge in [-0.3, -0.25) is 19.2 Å². The number of benzene rings is 2. The maximum Gasteiger partial charge on any atom is 0.358 e. The molecule has 3 aromatic rings. The van der Waals surface area contributed by atoms with E-state index in [4.69, 9.17) is 9.47 Å². The molecule has 1 atom stereocenters. The second kappa shape index (κ2) is 10.0. The van der Waals surface area contributed by atoms with Gasteiger partial charge in [-0.1, -0.05) is 30.3 Å². The van der Waals surface area contributed by atoms with Crippen LogP contribution in [0.3, 0.4) is 0 Å².